The highest BCUT2D eigenvalue weighted by Gasteiger charge is 2.16. The van der Waals surface area contributed by atoms with E-state index in [0.29, 0.717) is 33.8 Å². The van der Waals surface area contributed by atoms with Gasteiger partial charge >= 0.3 is 0 Å². The van der Waals surface area contributed by atoms with Crippen molar-refractivity contribution in [3.05, 3.63) is 94.0 Å². The number of hydrogen-bond donors (Lipinski definition) is 1. The molecular formula is C24H19N3O6. The second-order valence-electron chi connectivity index (χ2n) is 6.91. The number of hydrogen-bond acceptors (Lipinski definition) is 7. The number of non-ortho nitro benzene ring substituents is 1. The third-order valence-corrected chi connectivity index (χ3v) is 4.84. The van der Waals surface area contributed by atoms with Crippen LogP contribution in [0.3, 0.4) is 0 Å². The molecule has 0 bridgehead atoms. The summed E-state index contributed by atoms with van der Waals surface area (Å²) in [6.45, 7) is 0. The summed E-state index contributed by atoms with van der Waals surface area (Å²) in [5, 5.41) is 14.4. The topological polar surface area (TPSA) is 116 Å². The summed E-state index contributed by atoms with van der Waals surface area (Å²) in [5.41, 5.74) is 1.35. The summed E-state index contributed by atoms with van der Waals surface area (Å²) in [6.07, 6.45) is 0. The molecule has 1 N–H and O–H groups in total. The Bertz CT molecular complexity index is 1410. The fraction of sp³-hybridized carbons (Fsp3) is 0.0833. The largest absolute Gasteiger partial charge is 0.497 e. The van der Waals surface area contributed by atoms with Gasteiger partial charge in [-0.3, -0.25) is 14.9 Å². The predicted molar refractivity (Wildman–Crippen MR) is 122 cm³/mol. The molecule has 1 aromatic heterocycles. The molecule has 4 aromatic rings. The van der Waals surface area contributed by atoms with Crippen LogP contribution in [0.25, 0.3) is 11.0 Å². The quantitative estimate of drug-likeness (QED) is 0.335. The third-order valence-electron chi connectivity index (χ3n) is 4.84. The normalized spacial score (nSPS) is 11.3. The van der Waals surface area contributed by atoms with Crippen LogP contribution in [0.5, 0.6) is 11.5 Å². The molecule has 33 heavy (non-hydrogen) atoms. The van der Waals surface area contributed by atoms with Gasteiger partial charge in [0.15, 0.2) is 0 Å². The number of carbonyl (C=O) groups excluding carboxylic acids is 1. The molecule has 9 heteroatoms. The zero-order chi connectivity index (χ0) is 23.4. The maximum absolute atomic E-state index is 13.2. The highest BCUT2D eigenvalue weighted by atomic mass is 16.6. The molecule has 9 nitrogen and oxygen atoms in total. The fourth-order valence-corrected chi connectivity index (χ4v) is 3.18. The highest BCUT2D eigenvalue weighted by molar-refractivity contribution is 6.05. The number of carbonyl (C=O) groups is 1. The van der Waals surface area contributed by atoms with Crippen molar-refractivity contribution in [2.45, 2.75) is 0 Å². The maximum atomic E-state index is 13.2. The number of nitro groups is 1. The van der Waals surface area contributed by atoms with Crippen molar-refractivity contribution in [2.24, 2.45) is 4.99 Å². The van der Waals surface area contributed by atoms with Gasteiger partial charge in [0.2, 0.25) is 5.55 Å². The first-order valence-electron chi connectivity index (χ1n) is 9.84. The summed E-state index contributed by atoms with van der Waals surface area (Å²) in [5.74, 6) is 0.650. The van der Waals surface area contributed by atoms with E-state index in [4.69, 9.17) is 13.9 Å². The average Bonchev–Trinajstić information content (AvgIpc) is 2.84. The molecule has 0 fully saturated rings. The lowest BCUT2D eigenvalue weighted by atomic mass is 10.1. The molecule has 0 spiro atoms. The number of nitrogens with zero attached hydrogens (tertiary/aromatic N) is 2. The molecule has 166 valence electrons. The van der Waals surface area contributed by atoms with Gasteiger partial charge in [0, 0.05) is 23.2 Å². The minimum atomic E-state index is -0.510. The Balaban J connectivity index is 1.86. The summed E-state index contributed by atoms with van der Waals surface area (Å²) in [4.78, 5) is 28.4. The summed E-state index contributed by atoms with van der Waals surface area (Å²) < 4.78 is 16.4. The van der Waals surface area contributed by atoms with E-state index in [1.165, 1.54) is 31.4 Å². The van der Waals surface area contributed by atoms with Crippen molar-refractivity contribution in [1.29, 1.82) is 0 Å². The molecule has 0 radical (unpaired) electrons. The van der Waals surface area contributed by atoms with Crippen molar-refractivity contribution in [2.75, 3.05) is 19.5 Å². The molecule has 1 amide bonds. The van der Waals surface area contributed by atoms with Gasteiger partial charge in [-0.1, -0.05) is 12.1 Å². The second kappa shape index (κ2) is 9.23. The van der Waals surface area contributed by atoms with Gasteiger partial charge in [-0.25, -0.2) is 4.99 Å². The molecule has 0 aliphatic heterocycles. The number of methoxy groups -OCH3 is 2. The van der Waals surface area contributed by atoms with Gasteiger partial charge in [0.05, 0.1) is 19.1 Å². The number of benzene rings is 3. The average molecular weight is 445 g/mol. The summed E-state index contributed by atoms with van der Waals surface area (Å²) in [7, 11) is 3.07. The molecule has 1 heterocycles. The lowest BCUT2D eigenvalue weighted by Crippen LogP contribution is -2.21. The van der Waals surface area contributed by atoms with Crippen LogP contribution in [0.2, 0.25) is 0 Å². The van der Waals surface area contributed by atoms with Crippen LogP contribution in [0.4, 0.5) is 17.1 Å². The van der Waals surface area contributed by atoms with E-state index in [1.807, 2.05) is 0 Å². The lowest BCUT2D eigenvalue weighted by Gasteiger charge is -2.08. The third kappa shape index (κ3) is 4.67. The van der Waals surface area contributed by atoms with Gasteiger partial charge in [0.25, 0.3) is 11.6 Å². The first kappa shape index (κ1) is 21.6. The maximum Gasteiger partial charge on any atom is 0.270 e. The second-order valence-corrected chi connectivity index (χ2v) is 6.91. The number of para-hydroxylation sites is 2. The molecule has 0 aliphatic rings. The Labute approximate surface area is 188 Å². The predicted octanol–water partition coefficient (Wildman–Crippen LogP) is 4.84. The van der Waals surface area contributed by atoms with E-state index in [2.05, 4.69) is 10.3 Å². The Morgan fingerprint density at radius 2 is 1.76 bits per heavy atom. The van der Waals surface area contributed by atoms with E-state index in [0.717, 1.165) is 0 Å². The molecule has 0 aliphatic carbocycles. The van der Waals surface area contributed by atoms with Crippen molar-refractivity contribution >= 4 is 33.9 Å². The van der Waals surface area contributed by atoms with E-state index >= 15 is 0 Å². The zero-order valence-corrected chi connectivity index (χ0v) is 17.8. The van der Waals surface area contributed by atoms with Crippen LogP contribution in [-0.2, 0) is 0 Å². The van der Waals surface area contributed by atoms with Crippen molar-refractivity contribution < 1.29 is 23.6 Å². The summed E-state index contributed by atoms with van der Waals surface area (Å²) in [6, 6.07) is 19.5. The van der Waals surface area contributed by atoms with Crippen LogP contribution < -0.4 is 20.3 Å². The molecule has 0 atom stereocenters. The number of rotatable bonds is 6. The van der Waals surface area contributed by atoms with Crippen LogP contribution >= 0.6 is 0 Å². The van der Waals surface area contributed by atoms with Crippen molar-refractivity contribution in [3.8, 4) is 11.5 Å². The van der Waals surface area contributed by atoms with Crippen molar-refractivity contribution in [1.82, 2.24) is 0 Å². The Hall–Kier alpha value is -4.66. The number of anilines is 1. The SMILES string of the molecule is COc1ccc(NC(=O)c2cc3cc([N+](=O)[O-])ccc3oc2=Nc2ccccc2OC)cc1. The van der Waals surface area contributed by atoms with Crippen LogP contribution in [0, 0.1) is 10.1 Å². The first-order chi connectivity index (χ1) is 16.0. The number of ether oxygens (including phenoxy) is 2. The molecule has 0 saturated carbocycles. The number of amides is 1. The molecule has 0 unspecified atom stereocenters. The molecule has 3 aromatic carbocycles. The zero-order valence-electron chi connectivity index (χ0n) is 17.8. The smallest absolute Gasteiger partial charge is 0.270 e. The van der Waals surface area contributed by atoms with Crippen LogP contribution in [-0.4, -0.2) is 25.1 Å². The van der Waals surface area contributed by atoms with Gasteiger partial charge in [-0.05, 0) is 48.5 Å². The van der Waals surface area contributed by atoms with E-state index in [9.17, 15) is 14.9 Å². The molecule has 4 rings (SSSR count). The summed E-state index contributed by atoms with van der Waals surface area (Å²) >= 11 is 0. The number of nitro benzene ring substituents is 1. The van der Waals surface area contributed by atoms with Gasteiger partial charge in [-0.15, -0.1) is 0 Å². The van der Waals surface area contributed by atoms with Gasteiger partial charge in [-0.2, -0.15) is 0 Å². The standard InChI is InChI=1S/C24H19N3O6/c1-31-18-10-7-16(8-11-18)25-23(28)19-14-15-13-17(27(29)30)9-12-21(15)33-24(19)26-20-5-3-4-6-22(20)32-2/h3-14H,1-2H3,(H,25,28). The minimum Gasteiger partial charge on any atom is -0.497 e. The van der Waals surface area contributed by atoms with Crippen molar-refractivity contribution in [3.63, 3.8) is 0 Å². The number of nitrogens with one attached hydrogen (secondary N) is 1. The highest BCUT2D eigenvalue weighted by Crippen LogP contribution is 2.27. The van der Waals surface area contributed by atoms with Crippen LogP contribution in [0.1, 0.15) is 10.4 Å². The Morgan fingerprint density at radius 1 is 1.00 bits per heavy atom. The number of fused-ring (bicyclic) bond motifs is 1. The molecule has 0 saturated heterocycles. The Kier molecular flexibility index (Phi) is 6.03. The minimum absolute atomic E-state index is 0.0341. The molecular weight excluding hydrogens is 426 g/mol. The Morgan fingerprint density at radius 3 is 2.45 bits per heavy atom. The van der Waals surface area contributed by atoms with E-state index in [1.54, 1.807) is 55.6 Å². The van der Waals surface area contributed by atoms with Gasteiger partial charge < -0.3 is 19.2 Å². The monoisotopic (exact) mass is 445 g/mol. The lowest BCUT2D eigenvalue weighted by molar-refractivity contribution is -0.384. The first-order valence-corrected chi connectivity index (χ1v) is 9.84. The van der Waals surface area contributed by atoms with Gasteiger partial charge in [0.1, 0.15) is 28.3 Å². The van der Waals surface area contributed by atoms with Crippen LogP contribution in [0.15, 0.2) is 82.2 Å². The van der Waals surface area contributed by atoms with E-state index in [-0.39, 0.29) is 16.8 Å². The van der Waals surface area contributed by atoms with E-state index < -0.39 is 10.8 Å². The fourth-order valence-electron chi connectivity index (χ4n) is 3.18.